The Morgan fingerprint density at radius 2 is 1.92 bits per heavy atom. The third kappa shape index (κ3) is 2.91. The highest BCUT2D eigenvalue weighted by Gasteiger charge is 2.35. The fourth-order valence-electron chi connectivity index (χ4n) is 3.28. The molecule has 3 aromatic rings. The maximum Gasteiger partial charge on any atom is 0.143 e. The van der Waals surface area contributed by atoms with Crippen LogP contribution >= 0.6 is 11.3 Å². The van der Waals surface area contributed by atoms with Gasteiger partial charge in [-0.15, -0.1) is 10.2 Å². The van der Waals surface area contributed by atoms with Crippen LogP contribution in [0.5, 0.6) is 0 Å². The number of aryl methyl sites for hydroxylation is 1. The van der Waals surface area contributed by atoms with Gasteiger partial charge in [-0.05, 0) is 61.1 Å². The molecular weight excluding hydrogens is 314 g/mol. The second-order valence-corrected chi connectivity index (χ2v) is 7.96. The number of aromatic nitrogens is 3. The van der Waals surface area contributed by atoms with Crippen molar-refractivity contribution < 1.29 is 0 Å². The molecule has 1 saturated carbocycles. The molecule has 1 fully saturated rings. The molecule has 0 aliphatic heterocycles. The molecule has 4 heteroatoms. The first-order chi connectivity index (χ1) is 11.7. The van der Waals surface area contributed by atoms with Crippen LogP contribution in [0.15, 0.2) is 47.2 Å². The lowest BCUT2D eigenvalue weighted by molar-refractivity contribution is 0.521. The first-order valence-electron chi connectivity index (χ1n) is 8.66. The molecule has 0 spiro atoms. The Balaban J connectivity index is 1.67. The van der Waals surface area contributed by atoms with Crippen LogP contribution in [0.25, 0.3) is 0 Å². The summed E-state index contributed by atoms with van der Waals surface area (Å²) < 4.78 is 2.39. The smallest absolute Gasteiger partial charge is 0.143 e. The lowest BCUT2D eigenvalue weighted by atomic mass is 9.85. The monoisotopic (exact) mass is 337 g/mol. The van der Waals surface area contributed by atoms with Gasteiger partial charge in [0.1, 0.15) is 11.6 Å². The third-order valence-corrected chi connectivity index (χ3v) is 5.67. The molecule has 1 aromatic carbocycles. The molecule has 1 aliphatic carbocycles. The number of nitrogens with zero attached hydrogens (tertiary/aromatic N) is 3. The second kappa shape index (κ2) is 6.17. The minimum atomic E-state index is -0.114. The van der Waals surface area contributed by atoms with E-state index < -0.39 is 0 Å². The van der Waals surface area contributed by atoms with E-state index in [0.29, 0.717) is 5.92 Å². The maximum atomic E-state index is 4.63. The number of hydrogen-bond acceptors (Lipinski definition) is 3. The third-order valence-electron chi connectivity index (χ3n) is 4.99. The molecule has 2 heterocycles. The van der Waals surface area contributed by atoms with Gasteiger partial charge in [-0.1, -0.05) is 30.3 Å². The Kier molecular flexibility index (Phi) is 4.01. The molecule has 0 radical (unpaired) electrons. The number of hydrogen-bond donors (Lipinski definition) is 0. The second-order valence-electron chi connectivity index (χ2n) is 7.18. The van der Waals surface area contributed by atoms with Gasteiger partial charge in [0.25, 0.3) is 0 Å². The topological polar surface area (TPSA) is 30.7 Å². The quantitative estimate of drug-likeness (QED) is 0.648. The number of benzene rings is 1. The number of thiophene rings is 1. The van der Waals surface area contributed by atoms with Crippen molar-refractivity contribution in [3.05, 3.63) is 69.9 Å². The molecule has 3 nitrogen and oxygen atoms in total. The van der Waals surface area contributed by atoms with Gasteiger partial charge < -0.3 is 4.57 Å². The molecule has 124 valence electrons. The molecule has 0 atom stereocenters. The summed E-state index contributed by atoms with van der Waals surface area (Å²) in [5.41, 5.74) is 2.58. The normalized spacial score (nSPS) is 14.9. The first-order valence-corrected chi connectivity index (χ1v) is 9.60. The first kappa shape index (κ1) is 15.6. The van der Waals surface area contributed by atoms with E-state index in [0.717, 1.165) is 18.8 Å². The van der Waals surface area contributed by atoms with Crippen LogP contribution in [0.4, 0.5) is 0 Å². The SMILES string of the molecule is CC(C)(c1ccsc1)c1nnc(C2CC2)n1CCc1ccccc1. The Hall–Kier alpha value is -1.94. The van der Waals surface area contributed by atoms with Gasteiger partial charge in [0.15, 0.2) is 0 Å². The van der Waals surface area contributed by atoms with Gasteiger partial charge in [-0.3, -0.25) is 0 Å². The van der Waals surface area contributed by atoms with Gasteiger partial charge in [0.2, 0.25) is 0 Å². The molecule has 0 N–H and O–H groups in total. The summed E-state index contributed by atoms with van der Waals surface area (Å²) in [4.78, 5) is 0. The highest BCUT2D eigenvalue weighted by Crippen LogP contribution is 2.41. The zero-order valence-electron chi connectivity index (χ0n) is 14.3. The van der Waals surface area contributed by atoms with Crippen molar-refractivity contribution in [3.8, 4) is 0 Å². The molecule has 24 heavy (non-hydrogen) atoms. The lowest BCUT2D eigenvalue weighted by Crippen LogP contribution is -2.25. The average Bonchev–Trinajstić information content (AvgIpc) is 3.12. The van der Waals surface area contributed by atoms with E-state index in [-0.39, 0.29) is 5.41 Å². The van der Waals surface area contributed by atoms with E-state index in [1.165, 1.54) is 29.8 Å². The minimum Gasteiger partial charge on any atom is -0.314 e. The molecule has 4 rings (SSSR count). The Morgan fingerprint density at radius 3 is 2.58 bits per heavy atom. The Morgan fingerprint density at radius 1 is 1.12 bits per heavy atom. The van der Waals surface area contributed by atoms with Gasteiger partial charge >= 0.3 is 0 Å². The van der Waals surface area contributed by atoms with Crippen LogP contribution in [0.1, 0.15) is 55.4 Å². The Labute approximate surface area is 147 Å². The highest BCUT2D eigenvalue weighted by atomic mass is 32.1. The van der Waals surface area contributed by atoms with Gasteiger partial charge in [-0.2, -0.15) is 11.3 Å². The molecule has 0 amide bonds. The van der Waals surface area contributed by atoms with Gasteiger partial charge in [0.05, 0.1) is 5.41 Å². The van der Waals surface area contributed by atoms with Crippen LogP contribution in [0.3, 0.4) is 0 Å². The fraction of sp³-hybridized carbons (Fsp3) is 0.400. The van der Waals surface area contributed by atoms with Crippen molar-refractivity contribution in [3.63, 3.8) is 0 Å². The summed E-state index contributed by atoms with van der Waals surface area (Å²) >= 11 is 1.75. The van der Waals surface area contributed by atoms with Crippen LogP contribution in [-0.2, 0) is 18.4 Å². The largest absolute Gasteiger partial charge is 0.314 e. The standard InChI is InChI=1S/C20H23N3S/c1-20(2,17-11-13-24-14-17)19-22-21-18(16-8-9-16)23(19)12-10-15-6-4-3-5-7-15/h3-7,11,13-14,16H,8-10,12H2,1-2H3. The summed E-state index contributed by atoms with van der Waals surface area (Å²) in [5, 5.41) is 13.6. The molecule has 1 aliphatic rings. The lowest BCUT2D eigenvalue weighted by Gasteiger charge is -2.24. The van der Waals surface area contributed by atoms with Crippen LogP contribution < -0.4 is 0 Å². The fourth-order valence-corrected chi connectivity index (χ4v) is 4.10. The van der Waals surface area contributed by atoms with E-state index in [9.17, 15) is 0 Å². The van der Waals surface area contributed by atoms with Crippen molar-refractivity contribution in [1.82, 2.24) is 14.8 Å². The zero-order valence-corrected chi connectivity index (χ0v) is 15.1. The zero-order chi connectivity index (χ0) is 16.6. The van der Waals surface area contributed by atoms with Crippen molar-refractivity contribution in [1.29, 1.82) is 0 Å². The number of rotatable bonds is 6. The van der Waals surface area contributed by atoms with Crippen LogP contribution in [0.2, 0.25) is 0 Å². The summed E-state index contributed by atoms with van der Waals surface area (Å²) in [5.74, 6) is 2.89. The molecule has 2 aromatic heterocycles. The molecule has 0 bridgehead atoms. The van der Waals surface area contributed by atoms with Crippen LogP contribution in [0, 0.1) is 0 Å². The van der Waals surface area contributed by atoms with E-state index in [1.807, 2.05) is 0 Å². The van der Waals surface area contributed by atoms with Crippen molar-refractivity contribution in [2.45, 2.75) is 51.0 Å². The van der Waals surface area contributed by atoms with Crippen molar-refractivity contribution in [2.75, 3.05) is 0 Å². The molecule has 0 unspecified atom stereocenters. The predicted octanol–water partition coefficient (Wildman–Crippen LogP) is 4.79. The maximum absolute atomic E-state index is 4.63. The summed E-state index contributed by atoms with van der Waals surface area (Å²) in [6.07, 6.45) is 3.52. The van der Waals surface area contributed by atoms with E-state index in [2.05, 4.69) is 75.8 Å². The molecular formula is C20H23N3S. The van der Waals surface area contributed by atoms with Crippen LogP contribution in [-0.4, -0.2) is 14.8 Å². The van der Waals surface area contributed by atoms with Gasteiger partial charge in [-0.25, -0.2) is 0 Å². The summed E-state index contributed by atoms with van der Waals surface area (Å²) in [7, 11) is 0. The van der Waals surface area contributed by atoms with E-state index in [1.54, 1.807) is 11.3 Å². The Bertz CT molecular complexity index is 799. The summed E-state index contributed by atoms with van der Waals surface area (Å²) in [6, 6.07) is 12.9. The van der Waals surface area contributed by atoms with Gasteiger partial charge in [0, 0.05) is 12.5 Å². The minimum absolute atomic E-state index is 0.114. The van der Waals surface area contributed by atoms with Crippen molar-refractivity contribution >= 4 is 11.3 Å². The molecule has 0 saturated heterocycles. The predicted molar refractivity (Wildman–Crippen MR) is 98.6 cm³/mol. The average molecular weight is 337 g/mol. The van der Waals surface area contributed by atoms with Crippen molar-refractivity contribution in [2.24, 2.45) is 0 Å². The van der Waals surface area contributed by atoms with E-state index >= 15 is 0 Å². The van der Waals surface area contributed by atoms with E-state index in [4.69, 9.17) is 0 Å². The highest BCUT2D eigenvalue weighted by molar-refractivity contribution is 7.08. The summed E-state index contributed by atoms with van der Waals surface area (Å²) in [6.45, 7) is 5.47.